The van der Waals surface area contributed by atoms with E-state index in [2.05, 4.69) is 5.32 Å². The van der Waals surface area contributed by atoms with Gasteiger partial charge in [0.15, 0.2) is 6.10 Å². The molecule has 0 aliphatic carbocycles. The number of ether oxygens (including phenoxy) is 1. The number of rotatable bonds is 4. The Morgan fingerprint density at radius 3 is 2.57 bits per heavy atom. The minimum Gasteiger partial charge on any atom is -0.481 e. The van der Waals surface area contributed by atoms with Crippen LogP contribution in [0.3, 0.4) is 0 Å². The van der Waals surface area contributed by atoms with Gasteiger partial charge in [0.05, 0.1) is 16.3 Å². The monoisotopic (exact) mass is 383 g/mol. The summed E-state index contributed by atoms with van der Waals surface area (Å²) >= 11 is 0. The molecule has 28 heavy (non-hydrogen) atoms. The summed E-state index contributed by atoms with van der Waals surface area (Å²) in [6, 6.07) is 11.4. The van der Waals surface area contributed by atoms with Crippen LogP contribution in [0.4, 0.5) is 17.1 Å². The number of benzene rings is 2. The van der Waals surface area contributed by atoms with Gasteiger partial charge in [0.1, 0.15) is 11.3 Å². The smallest absolute Gasteiger partial charge is 0.272 e. The lowest BCUT2D eigenvalue weighted by Crippen LogP contribution is -2.60. The second-order valence-electron chi connectivity index (χ2n) is 7.17. The van der Waals surface area contributed by atoms with E-state index >= 15 is 0 Å². The first-order chi connectivity index (χ1) is 13.1. The lowest BCUT2D eigenvalue weighted by atomic mass is 9.95. The summed E-state index contributed by atoms with van der Waals surface area (Å²) in [6.07, 6.45) is -0.904. The number of carbonyl (C=O) groups excluding carboxylic acids is 2. The van der Waals surface area contributed by atoms with Crippen molar-refractivity contribution in [2.75, 3.05) is 10.2 Å². The van der Waals surface area contributed by atoms with E-state index in [0.29, 0.717) is 22.7 Å². The van der Waals surface area contributed by atoms with Crippen molar-refractivity contribution in [1.29, 1.82) is 0 Å². The molecule has 0 fully saturated rings. The lowest BCUT2D eigenvalue weighted by Gasteiger charge is -2.42. The molecule has 0 unspecified atom stereocenters. The van der Waals surface area contributed by atoms with Crippen LogP contribution in [0.25, 0.3) is 0 Å². The summed E-state index contributed by atoms with van der Waals surface area (Å²) in [6.45, 7) is 6.52. The van der Waals surface area contributed by atoms with Crippen molar-refractivity contribution in [3.63, 3.8) is 0 Å². The Balaban J connectivity index is 1.89. The number of aryl methyl sites for hydroxylation is 1. The zero-order valence-electron chi connectivity index (χ0n) is 16.1. The van der Waals surface area contributed by atoms with Gasteiger partial charge in [-0.15, -0.1) is 0 Å². The highest BCUT2D eigenvalue weighted by molar-refractivity contribution is 6.14. The molecule has 2 aromatic rings. The number of carbonyl (C=O) groups is 2. The van der Waals surface area contributed by atoms with Crippen LogP contribution in [0.5, 0.6) is 5.75 Å². The van der Waals surface area contributed by atoms with Gasteiger partial charge in [-0.25, -0.2) is 0 Å². The fourth-order valence-corrected chi connectivity index (χ4v) is 3.19. The average molecular weight is 383 g/mol. The van der Waals surface area contributed by atoms with E-state index in [1.807, 2.05) is 0 Å². The third kappa shape index (κ3) is 3.28. The molecule has 2 aromatic carbocycles. The molecule has 0 saturated heterocycles. The van der Waals surface area contributed by atoms with Crippen molar-refractivity contribution in [3.05, 3.63) is 58.1 Å². The fourth-order valence-electron chi connectivity index (χ4n) is 3.19. The molecule has 1 N–H and O–H groups in total. The minimum absolute atomic E-state index is 0.0194. The van der Waals surface area contributed by atoms with E-state index in [9.17, 15) is 19.7 Å². The SMILES string of the molecule is Cc1cc(O[C@@H](C)C(=O)N2c3ccccc3NC(=O)C2(C)C)ccc1[N+](=O)[O-]. The van der Waals surface area contributed by atoms with Gasteiger partial charge in [0, 0.05) is 11.6 Å². The Kier molecular flexibility index (Phi) is 4.80. The number of anilines is 2. The first-order valence-corrected chi connectivity index (χ1v) is 8.79. The second kappa shape index (κ2) is 6.95. The van der Waals surface area contributed by atoms with Gasteiger partial charge in [-0.2, -0.15) is 0 Å². The molecule has 2 amide bonds. The van der Waals surface area contributed by atoms with Crippen LogP contribution in [0.1, 0.15) is 26.3 Å². The van der Waals surface area contributed by atoms with Crippen molar-refractivity contribution in [2.24, 2.45) is 0 Å². The first-order valence-electron chi connectivity index (χ1n) is 8.79. The van der Waals surface area contributed by atoms with Gasteiger partial charge < -0.3 is 10.1 Å². The average Bonchev–Trinajstić information content (AvgIpc) is 2.62. The third-order valence-electron chi connectivity index (χ3n) is 4.75. The highest BCUT2D eigenvalue weighted by Gasteiger charge is 2.45. The molecule has 0 aromatic heterocycles. The number of nitro benzene ring substituents is 1. The zero-order chi connectivity index (χ0) is 20.6. The molecular weight excluding hydrogens is 362 g/mol. The predicted octanol–water partition coefficient (Wildman–Crippen LogP) is 3.43. The fraction of sp³-hybridized carbons (Fsp3) is 0.300. The summed E-state index contributed by atoms with van der Waals surface area (Å²) in [5.41, 5.74) is 0.458. The van der Waals surface area contributed by atoms with E-state index in [-0.39, 0.29) is 17.5 Å². The van der Waals surface area contributed by atoms with Crippen LogP contribution in [-0.4, -0.2) is 28.4 Å². The van der Waals surface area contributed by atoms with Gasteiger partial charge in [-0.05, 0) is 52.0 Å². The van der Waals surface area contributed by atoms with Gasteiger partial charge in [0.25, 0.3) is 11.6 Å². The van der Waals surface area contributed by atoms with Crippen LogP contribution in [0, 0.1) is 17.0 Å². The summed E-state index contributed by atoms with van der Waals surface area (Å²) in [5.74, 6) is -0.335. The molecule has 0 radical (unpaired) electrons. The van der Waals surface area contributed by atoms with E-state index in [0.717, 1.165) is 0 Å². The standard InChI is InChI=1S/C20H21N3O5/c1-12-11-14(9-10-16(12)23(26)27)28-13(2)18(24)22-17-8-6-5-7-15(17)21-19(25)20(22,3)4/h5-11,13H,1-4H3,(H,21,25)/t13-/m0/s1. The van der Waals surface area contributed by atoms with Crippen molar-refractivity contribution < 1.29 is 19.2 Å². The Labute approximate surface area is 162 Å². The topological polar surface area (TPSA) is 102 Å². The van der Waals surface area contributed by atoms with Gasteiger partial charge in [0.2, 0.25) is 5.91 Å². The number of amides is 2. The maximum absolute atomic E-state index is 13.2. The lowest BCUT2D eigenvalue weighted by molar-refractivity contribution is -0.385. The van der Waals surface area contributed by atoms with Crippen molar-refractivity contribution in [2.45, 2.75) is 39.3 Å². The van der Waals surface area contributed by atoms with Crippen LogP contribution >= 0.6 is 0 Å². The molecule has 1 aliphatic heterocycles. The number of hydrogen-bond acceptors (Lipinski definition) is 5. The Morgan fingerprint density at radius 2 is 1.93 bits per heavy atom. The summed E-state index contributed by atoms with van der Waals surface area (Å²) in [4.78, 5) is 37.6. The number of fused-ring (bicyclic) bond motifs is 1. The number of para-hydroxylation sites is 2. The summed E-state index contributed by atoms with van der Waals surface area (Å²) < 4.78 is 5.74. The molecule has 3 rings (SSSR count). The Bertz CT molecular complexity index is 970. The van der Waals surface area contributed by atoms with E-state index in [1.165, 1.54) is 23.1 Å². The highest BCUT2D eigenvalue weighted by Crippen LogP contribution is 2.37. The maximum Gasteiger partial charge on any atom is 0.272 e. The second-order valence-corrected chi connectivity index (χ2v) is 7.17. The van der Waals surface area contributed by atoms with Gasteiger partial charge in [-0.3, -0.25) is 24.6 Å². The predicted molar refractivity (Wildman–Crippen MR) is 105 cm³/mol. The minimum atomic E-state index is -1.10. The molecule has 0 bridgehead atoms. The van der Waals surface area contributed by atoms with E-state index < -0.39 is 16.6 Å². The number of hydrogen-bond donors (Lipinski definition) is 1. The molecule has 1 atom stereocenters. The Hall–Kier alpha value is -3.42. The maximum atomic E-state index is 13.2. The van der Waals surface area contributed by atoms with Crippen molar-refractivity contribution in [1.82, 2.24) is 0 Å². The summed E-state index contributed by atoms with van der Waals surface area (Å²) in [5, 5.41) is 13.8. The van der Waals surface area contributed by atoms with Crippen LogP contribution in [0.15, 0.2) is 42.5 Å². The van der Waals surface area contributed by atoms with Gasteiger partial charge >= 0.3 is 0 Å². The molecule has 0 saturated carbocycles. The van der Waals surface area contributed by atoms with Crippen molar-refractivity contribution in [3.8, 4) is 5.75 Å². The molecule has 8 nitrogen and oxygen atoms in total. The molecule has 146 valence electrons. The summed E-state index contributed by atoms with van der Waals surface area (Å²) in [7, 11) is 0. The van der Waals surface area contributed by atoms with Crippen LogP contribution in [-0.2, 0) is 9.59 Å². The molecule has 0 spiro atoms. The largest absolute Gasteiger partial charge is 0.481 e. The number of nitrogens with one attached hydrogen (secondary N) is 1. The molecule has 1 aliphatic rings. The van der Waals surface area contributed by atoms with E-state index in [1.54, 1.807) is 52.0 Å². The van der Waals surface area contributed by atoms with Gasteiger partial charge in [-0.1, -0.05) is 12.1 Å². The highest BCUT2D eigenvalue weighted by atomic mass is 16.6. The Morgan fingerprint density at radius 1 is 1.25 bits per heavy atom. The third-order valence-corrected chi connectivity index (χ3v) is 4.75. The quantitative estimate of drug-likeness (QED) is 0.644. The zero-order valence-corrected chi connectivity index (χ0v) is 16.1. The molecule has 8 heteroatoms. The van der Waals surface area contributed by atoms with Crippen molar-refractivity contribution >= 4 is 28.9 Å². The normalized spacial score (nSPS) is 16.0. The number of nitrogens with zero attached hydrogens (tertiary/aromatic N) is 2. The van der Waals surface area contributed by atoms with Crippen LogP contribution < -0.4 is 15.0 Å². The number of nitro groups is 1. The molecule has 1 heterocycles. The van der Waals surface area contributed by atoms with Crippen LogP contribution in [0.2, 0.25) is 0 Å². The first kappa shape index (κ1) is 19.3. The van der Waals surface area contributed by atoms with E-state index in [4.69, 9.17) is 4.74 Å². The molecular formula is C20H21N3O5.